The molecule has 0 saturated carbocycles. The highest BCUT2D eigenvalue weighted by molar-refractivity contribution is 5.84. The Bertz CT molecular complexity index is 451. The summed E-state index contributed by atoms with van der Waals surface area (Å²) in [6.45, 7) is 7.78. The Balaban J connectivity index is 2.20. The number of carbonyl (C=O) groups excluding carboxylic acids is 2. The van der Waals surface area contributed by atoms with Gasteiger partial charge in [0.1, 0.15) is 11.6 Å². The van der Waals surface area contributed by atoms with E-state index in [0.29, 0.717) is 19.6 Å². The van der Waals surface area contributed by atoms with E-state index in [4.69, 9.17) is 18.9 Å². The van der Waals surface area contributed by atoms with Gasteiger partial charge < -0.3 is 18.9 Å². The van der Waals surface area contributed by atoms with Crippen LogP contribution in [0.2, 0.25) is 0 Å². The summed E-state index contributed by atoms with van der Waals surface area (Å²) >= 11 is 0. The topological polar surface area (TPSA) is 83.1 Å². The van der Waals surface area contributed by atoms with Gasteiger partial charge in [-0.05, 0) is 34.1 Å². The van der Waals surface area contributed by atoms with Gasteiger partial charge in [0.15, 0.2) is 5.79 Å². The molecule has 0 spiro atoms. The molecule has 4 atom stereocenters. The van der Waals surface area contributed by atoms with E-state index in [1.807, 2.05) is 13.8 Å². The second-order valence-electron chi connectivity index (χ2n) is 6.42. The van der Waals surface area contributed by atoms with E-state index < -0.39 is 23.2 Å². The van der Waals surface area contributed by atoms with Crippen LogP contribution in [-0.4, -0.2) is 55.7 Å². The Kier molecular flexibility index (Phi) is 4.79. The zero-order valence-corrected chi connectivity index (χ0v) is 13.8. The number of carbonyl (C=O) groups is 2. The van der Waals surface area contributed by atoms with E-state index in [0.717, 1.165) is 0 Å². The molecule has 0 aromatic carbocycles. The lowest BCUT2D eigenvalue weighted by Crippen LogP contribution is -2.52. The predicted octanol–water partition coefficient (Wildman–Crippen LogP) is 0.611. The highest BCUT2D eigenvalue weighted by Crippen LogP contribution is 2.36. The van der Waals surface area contributed by atoms with Crippen LogP contribution in [0.5, 0.6) is 0 Å². The summed E-state index contributed by atoms with van der Waals surface area (Å²) in [4.78, 5) is 24.3. The molecular weight excluding hydrogens is 290 g/mol. The Morgan fingerprint density at radius 2 is 2.00 bits per heavy atom. The van der Waals surface area contributed by atoms with Crippen molar-refractivity contribution in [3.8, 4) is 0 Å². The molecular formula is C15H25NO6. The zero-order chi connectivity index (χ0) is 16.5. The molecule has 7 heteroatoms. The van der Waals surface area contributed by atoms with Crippen molar-refractivity contribution >= 4 is 11.9 Å². The van der Waals surface area contributed by atoms with Crippen molar-refractivity contribution in [1.29, 1.82) is 0 Å². The molecule has 7 nitrogen and oxygen atoms in total. The van der Waals surface area contributed by atoms with Crippen molar-refractivity contribution in [2.24, 2.45) is 5.92 Å². The maximum atomic E-state index is 12.3. The summed E-state index contributed by atoms with van der Waals surface area (Å²) in [7, 11) is 1.33. The molecule has 1 N–H and O–H groups in total. The van der Waals surface area contributed by atoms with Gasteiger partial charge >= 0.3 is 11.9 Å². The lowest BCUT2D eigenvalue weighted by atomic mass is 9.91. The van der Waals surface area contributed by atoms with Crippen LogP contribution in [0.4, 0.5) is 0 Å². The lowest BCUT2D eigenvalue weighted by Gasteiger charge is -2.26. The van der Waals surface area contributed by atoms with Gasteiger partial charge in [0.25, 0.3) is 0 Å². The van der Waals surface area contributed by atoms with Crippen LogP contribution in [0.15, 0.2) is 0 Å². The maximum Gasteiger partial charge on any atom is 0.325 e. The molecule has 0 aromatic heterocycles. The summed E-state index contributed by atoms with van der Waals surface area (Å²) in [5.41, 5.74) is -0.938. The van der Waals surface area contributed by atoms with E-state index in [1.54, 1.807) is 13.8 Å². The molecule has 0 bridgehead atoms. The quantitative estimate of drug-likeness (QED) is 0.761. The van der Waals surface area contributed by atoms with Gasteiger partial charge in [0.2, 0.25) is 0 Å². The molecule has 2 heterocycles. The summed E-state index contributed by atoms with van der Waals surface area (Å²) < 4.78 is 21.4. The molecule has 2 saturated heterocycles. The molecule has 0 unspecified atom stereocenters. The number of methoxy groups -OCH3 is 1. The van der Waals surface area contributed by atoms with E-state index >= 15 is 0 Å². The smallest absolute Gasteiger partial charge is 0.325 e. The molecule has 2 aliphatic rings. The normalized spacial score (nSPS) is 37.0. The minimum absolute atomic E-state index is 0.296. The fourth-order valence-corrected chi connectivity index (χ4v) is 3.19. The van der Waals surface area contributed by atoms with Crippen LogP contribution in [0.3, 0.4) is 0 Å². The number of hydrogen-bond donors (Lipinski definition) is 1. The van der Waals surface area contributed by atoms with Gasteiger partial charge in [-0.25, -0.2) is 0 Å². The van der Waals surface area contributed by atoms with Crippen molar-refractivity contribution < 1.29 is 28.5 Å². The first-order chi connectivity index (χ1) is 10.2. The Labute approximate surface area is 130 Å². The molecule has 2 aliphatic heterocycles. The molecule has 0 radical (unpaired) electrons. The van der Waals surface area contributed by atoms with Crippen LogP contribution in [-0.2, 0) is 28.5 Å². The van der Waals surface area contributed by atoms with Crippen molar-refractivity contribution in [3.05, 3.63) is 0 Å². The second kappa shape index (κ2) is 6.14. The second-order valence-corrected chi connectivity index (χ2v) is 6.42. The minimum Gasteiger partial charge on any atom is -0.468 e. The number of rotatable bonds is 4. The average Bonchev–Trinajstić information content (AvgIpc) is 2.99. The first-order valence-electron chi connectivity index (χ1n) is 7.57. The van der Waals surface area contributed by atoms with Crippen molar-refractivity contribution in [2.75, 3.05) is 20.3 Å². The Hall–Kier alpha value is -1.18. The third-order valence-electron chi connectivity index (χ3n) is 4.20. The van der Waals surface area contributed by atoms with Crippen LogP contribution >= 0.6 is 0 Å². The number of ether oxygens (including phenoxy) is 4. The third-order valence-corrected chi connectivity index (χ3v) is 4.20. The highest BCUT2D eigenvalue weighted by Gasteiger charge is 2.55. The first-order valence-corrected chi connectivity index (χ1v) is 7.57. The number of hydrogen-bond acceptors (Lipinski definition) is 7. The standard InChI is InChI=1S/C15H25NO6/c1-6-20-12(17)9-7-15(4,13(18)19-5)16-11(9)10-8-21-14(2,3)22-10/h9-11,16H,6-8H2,1-5H3/t9-,10-,11-,15+/m1/s1. The minimum atomic E-state index is -0.938. The van der Waals surface area contributed by atoms with Crippen molar-refractivity contribution in [2.45, 2.75) is 57.6 Å². The Morgan fingerprint density at radius 1 is 1.32 bits per heavy atom. The van der Waals surface area contributed by atoms with Crippen molar-refractivity contribution in [3.63, 3.8) is 0 Å². The van der Waals surface area contributed by atoms with Gasteiger partial charge in [0.05, 0.1) is 26.2 Å². The van der Waals surface area contributed by atoms with Gasteiger partial charge in [-0.1, -0.05) is 0 Å². The molecule has 0 aromatic rings. The number of nitrogens with one attached hydrogen (secondary N) is 1. The van der Waals surface area contributed by atoms with E-state index in [-0.39, 0.29) is 18.1 Å². The van der Waals surface area contributed by atoms with Crippen LogP contribution in [0.1, 0.15) is 34.1 Å². The summed E-state index contributed by atoms with van der Waals surface area (Å²) in [6.07, 6.45) is -0.0143. The zero-order valence-electron chi connectivity index (χ0n) is 13.8. The summed E-state index contributed by atoms with van der Waals surface area (Å²) in [6, 6.07) is -0.357. The van der Waals surface area contributed by atoms with Crippen LogP contribution in [0, 0.1) is 5.92 Å². The lowest BCUT2D eigenvalue weighted by molar-refractivity contribution is -0.155. The average molecular weight is 315 g/mol. The molecule has 0 amide bonds. The van der Waals surface area contributed by atoms with Gasteiger partial charge in [-0.3, -0.25) is 14.9 Å². The first kappa shape index (κ1) is 17.2. The third kappa shape index (κ3) is 3.26. The Morgan fingerprint density at radius 3 is 2.50 bits per heavy atom. The fourth-order valence-electron chi connectivity index (χ4n) is 3.19. The summed E-state index contributed by atoms with van der Waals surface area (Å²) in [5.74, 6) is -1.91. The monoisotopic (exact) mass is 315 g/mol. The van der Waals surface area contributed by atoms with Crippen LogP contribution < -0.4 is 5.32 Å². The largest absolute Gasteiger partial charge is 0.468 e. The predicted molar refractivity (Wildman–Crippen MR) is 77.0 cm³/mol. The van der Waals surface area contributed by atoms with Gasteiger partial charge in [-0.2, -0.15) is 0 Å². The summed E-state index contributed by atoms with van der Waals surface area (Å²) in [5, 5.41) is 3.21. The van der Waals surface area contributed by atoms with Gasteiger partial charge in [-0.15, -0.1) is 0 Å². The molecule has 22 heavy (non-hydrogen) atoms. The molecule has 2 fully saturated rings. The molecule has 0 aliphatic carbocycles. The van der Waals surface area contributed by atoms with E-state index in [9.17, 15) is 9.59 Å². The maximum absolute atomic E-state index is 12.3. The van der Waals surface area contributed by atoms with E-state index in [1.165, 1.54) is 7.11 Å². The molecule has 126 valence electrons. The number of esters is 2. The SMILES string of the molecule is CCOC(=O)[C@@H]1C[C@@](C)(C(=O)OC)N[C@H]1[C@H]1COC(C)(C)O1. The highest BCUT2D eigenvalue weighted by atomic mass is 16.7. The van der Waals surface area contributed by atoms with Gasteiger partial charge in [0, 0.05) is 6.04 Å². The molecule has 2 rings (SSSR count). The fraction of sp³-hybridized carbons (Fsp3) is 0.867. The van der Waals surface area contributed by atoms with E-state index in [2.05, 4.69) is 5.32 Å². The van der Waals surface area contributed by atoms with Crippen molar-refractivity contribution in [1.82, 2.24) is 5.32 Å². The van der Waals surface area contributed by atoms with Crippen LogP contribution in [0.25, 0.3) is 0 Å².